The highest BCUT2D eigenvalue weighted by atomic mass is 35.5. The number of aromatic nitrogens is 6. The van der Waals surface area contributed by atoms with Gasteiger partial charge in [0, 0.05) is 27.8 Å². The lowest BCUT2D eigenvalue weighted by molar-refractivity contribution is 0.769. The molecule has 0 radical (unpaired) electrons. The van der Waals surface area contributed by atoms with Crippen LogP contribution in [0.2, 0.25) is 5.28 Å². The molecule has 0 saturated heterocycles. The molecule has 484 valence electrons. The Morgan fingerprint density at radius 3 is 0.786 bits per heavy atom. The molecule has 8 nitrogen and oxygen atoms in total. The first-order valence-corrected chi connectivity index (χ1v) is 34.4. The normalized spacial score (nSPS) is 12.3. The molecule has 9 heteroatoms. The summed E-state index contributed by atoms with van der Waals surface area (Å²) in [5.74, 6) is 3.06. The lowest BCUT2D eigenvalue weighted by Crippen LogP contribution is -2.28. The zero-order valence-corrected chi connectivity index (χ0v) is 56.4. The van der Waals surface area contributed by atoms with E-state index in [4.69, 9.17) is 39.7 Å². The van der Waals surface area contributed by atoms with E-state index < -0.39 is 5.41 Å². The van der Waals surface area contributed by atoms with Crippen molar-refractivity contribution in [1.82, 2.24) is 29.9 Å². The van der Waals surface area contributed by atoms with E-state index >= 15 is 0 Å². The summed E-state index contributed by atoms with van der Waals surface area (Å²) < 4.78 is 0. The SMILES string of the molecule is Clc1nc(-c2ccccc2)nc(-c2ccccc2)n1.[C-]#[N+]c1ccc(-c2ccc3c(c2)C(c2ccccc2)(c2ccccc2)c2cc(-c4nc(-c5ccccc5)nc(-c5ccccc5)n4)ccc2-3)cc1.[C-]#[N+]c1ccc(-c2ccc3c(c2)C(c2ccccc2)(c2ccccc2)c2ccccc2-3)cc1. The average molecular weight is 1340 g/mol. The predicted molar refractivity (Wildman–Crippen MR) is 416 cm³/mol. The minimum Gasteiger partial charge on any atom is -0.238 e. The van der Waals surface area contributed by atoms with Crippen molar-refractivity contribution in [1.29, 1.82) is 0 Å². The van der Waals surface area contributed by atoms with Crippen LogP contribution in [-0.4, -0.2) is 29.9 Å². The summed E-state index contributed by atoms with van der Waals surface area (Å²) in [6.07, 6.45) is 0. The summed E-state index contributed by atoms with van der Waals surface area (Å²) in [7, 11) is 0. The van der Waals surface area contributed by atoms with Crippen molar-refractivity contribution in [3.63, 3.8) is 0 Å². The van der Waals surface area contributed by atoms with E-state index in [0.29, 0.717) is 40.5 Å². The van der Waals surface area contributed by atoms with E-state index in [9.17, 15) is 0 Å². The van der Waals surface area contributed by atoms with Gasteiger partial charge in [0.1, 0.15) is 0 Å². The first-order chi connectivity index (χ1) is 50.9. The third-order valence-electron chi connectivity index (χ3n) is 19.3. The van der Waals surface area contributed by atoms with Crippen molar-refractivity contribution >= 4 is 23.0 Å². The van der Waals surface area contributed by atoms with E-state index in [1.54, 1.807) is 0 Å². The molecule has 2 aromatic heterocycles. The Balaban J connectivity index is 0.000000134. The summed E-state index contributed by atoms with van der Waals surface area (Å²) in [4.78, 5) is 35.1. The summed E-state index contributed by atoms with van der Waals surface area (Å²) >= 11 is 5.99. The first-order valence-electron chi connectivity index (χ1n) is 34.0. The van der Waals surface area contributed by atoms with Crippen LogP contribution < -0.4 is 0 Å². The third kappa shape index (κ3) is 12.2. The molecule has 103 heavy (non-hydrogen) atoms. The Morgan fingerprint density at radius 1 is 0.214 bits per heavy atom. The molecule has 0 aliphatic heterocycles. The van der Waals surface area contributed by atoms with Gasteiger partial charge in [0.15, 0.2) is 40.5 Å². The van der Waals surface area contributed by atoms with E-state index in [0.717, 1.165) is 50.1 Å². The highest BCUT2D eigenvalue weighted by Crippen LogP contribution is 2.59. The third-order valence-corrected chi connectivity index (χ3v) is 19.5. The van der Waals surface area contributed by atoms with E-state index in [1.165, 1.54) is 66.8 Å². The topological polar surface area (TPSA) is 86.1 Å². The molecule has 0 spiro atoms. The fourth-order valence-corrected chi connectivity index (χ4v) is 14.8. The monoisotopic (exact) mass is 1340 g/mol. The lowest BCUT2D eigenvalue weighted by atomic mass is 9.67. The number of benzene rings is 14. The van der Waals surface area contributed by atoms with Crippen LogP contribution in [0.5, 0.6) is 0 Å². The standard InChI is InChI=1S/C47H30N4.C32H21N.C15H10ClN3/c1-48-39-26-22-32(23-27-39)35-24-28-40-41-29-25-36(46-50-44(33-14-6-2-7-15-33)49-45(51-46)34-16-8-3-9-17-34)31-43(41)47(42(40)30-35,37-18-10-4-11-19-37)38-20-12-5-13-21-38;1-33-27-19-16-23(17-20-27)24-18-21-29-28-14-8-9-15-30(28)32(31(29)22-24,25-10-4-2-5-11-25)26-12-6-3-7-13-26;16-15-18-13(11-7-3-1-4-8-11)17-14(19-15)12-9-5-2-6-10-12/h2-31H;2-22H;1-10H. The summed E-state index contributed by atoms with van der Waals surface area (Å²) in [5, 5.41) is 0.202. The van der Waals surface area contributed by atoms with Crippen LogP contribution in [0, 0.1) is 13.1 Å². The number of hydrogen-bond acceptors (Lipinski definition) is 6. The van der Waals surface area contributed by atoms with Gasteiger partial charge < -0.3 is 0 Å². The Kier molecular flexibility index (Phi) is 17.6. The molecule has 2 aliphatic carbocycles. The average Bonchev–Trinajstić information content (AvgIpc) is 1.55. The molecule has 14 aromatic carbocycles. The predicted octanol–water partition coefficient (Wildman–Crippen LogP) is 23.6. The smallest absolute Gasteiger partial charge is 0.226 e. The highest BCUT2D eigenvalue weighted by Gasteiger charge is 2.48. The van der Waals surface area contributed by atoms with Gasteiger partial charge >= 0.3 is 0 Å². The largest absolute Gasteiger partial charge is 0.238 e. The minimum absolute atomic E-state index is 0.202. The number of halogens is 1. The number of rotatable bonds is 11. The fourth-order valence-electron chi connectivity index (χ4n) is 14.6. The van der Waals surface area contributed by atoms with Gasteiger partial charge in [-0.1, -0.05) is 352 Å². The zero-order chi connectivity index (χ0) is 69.5. The maximum atomic E-state index is 7.44. The van der Waals surface area contributed by atoms with Crippen molar-refractivity contribution in [2.75, 3.05) is 0 Å². The molecule has 2 heterocycles. The molecular weight excluding hydrogens is 1280 g/mol. The van der Waals surface area contributed by atoms with Crippen molar-refractivity contribution in [3.8, 4) is 101 Å². The Bertz CT molecular complexity index is 5600. The maximum absolute atomic E-state index is 7.44. The van der Waals surface area contributed by atoms with Gasteiger partial charge in [0.25, 0.3) is 0 Å². The summed E-state index contributed by atoms with van der Waals surface area (Å²) in [5.41, 5.74) is 24.2. The van der Waals surface area contributed by atoms with Crippen molar-refractivity contribution < 1.29 is 0 Å². The second kappa shape index (κ2) is 28.3. The van der Waals surface area contributed by atoms with Gasteiger partial charge in [-0.2, -0.15) is 9.97 Å². The van der Waals surface area contributed by atoms with E-state index in [-0.39, 0.29) is 10.7 Å². The molecule has 0 bridgehead atoms. The zero-order valence-electron chi connectivity index (χ0n) is 55.7. The summed E-state index contributed by atoms with van der Waals surface area (Å²) in [6, 6.07) is 128. The van der Waals surface area contributed by atoms with E-state index in [2.05, 4.69) is 225 Å². The van der Waals surface area contributed by atoms with Gasteiger partial charge in [-0.3, -0.25) is 0 Å². The van der Waals surface area contributed by atoms with Gasteiger partial charge in [-0.05, 0) is 119 Å². The first kappa shape index (κ1) is 64.1. The number of nitrogens with zero attached hydrogens (tertiary/aromatic N) is 8. The van der Waals surface area contributed by atoms with Crippen molar-refractivity contribution in [2.45, 2.75) is 10.8 Å². The van der Waals surface area contributed by atoms with Crippen LogP contribution in [-0.2, 0) is 10.8 Å². The van der Waals surface area contributed by atoms with Gasteiger partial charge in [-0.25, -0.2) is 29.6 Å². The van der Waals surface area contributed by atoms with Crippen LogP contribution in [0.4, 0.5) is 11.4 Å². The molecule has 0 fully saturated rings. The van der Waals surface area contributed by atoms with Crippen LogP contribution in [0.1, 0.15) is 44.5 Å². The maximum Gasteiger partial charge on any atom is 0.226 e. The molecule has 16 aromatic rings. The van der Waals surface area contributed by atoms with Gasteiger partial charge in [-0.15, -0.1) is 0 Å². The second-order valence-electron chi connectivity index (χ2n) is 25.1. The molecule has 2 aliphatic rings. The van der Waals surface area contributed by atoms with Gasteiger partial charge in [0.2, 0.25) is 5.28 Å². The molecular formula is C94H61ClN8. The molecule has 0 N–H and O–H groups in total. The fraction of sp³-hybridized carbons (Fsp3) is 0.0213. The minimum atomic E-state index is -0.618. The van der Waals surface area contributed by atoms with Crippen molar-refractivity contribution in [2.24, 2.45) is 0 Å². The highest BCUT2D eigenvalue weighted by molar-refractivity contribution is 6.28. The Hall–Kier alpha value is -13.6. The Morgan fingerprint density at radius 2 is 0.456 bits per heavy atom. The quantitative estimate of drug-likeness (QED) is 0.120. The van der Waals surface area contributed by atoms with Crippen LogP contribution >= 0.6 is 11.6 Å². The van der Waals surface area contributed by atoms with Gasteiger partial charge in [0.05, 0.1) is 24.0 Å². The van der Waals surface area contributed by atoms with Crippen LogP contribution in [0.25, 0.3) is 111 Å². The van der Waals surface area contributed by atoms with Crippen LogP contribution in [0.3, 0.4) is 0 Å². The Labute approximate surface area is 604 Å². The second-order valence-corrected chi connectivity index (χ2v) is 25.5. The lowest BCUT2D eigenvalue weighted by Gasteiger charge is -2.34. The molecule has 0 unspecified atom stereocenters. The number of hydrogen-bond donors (Lipinski definition) is 0. The number of fused-ring (bicyclic) bond motifs is 6. The molecule has 0 amide bonds. The molecule has 0 atom stereocenters. The van der Waals surface area contributed by atoms with E-state index in [1.807, 2.05) is 170 Å². The molecule has 18 rings (SSSR count). The summed E-state index contributed by atoms with van der Waals surface area (Å²) in [6.45, 7) is 14.7. The van der Waals surface area contributed by atoms with Crippen LogP contribution in [0.15, 0.2) is 370 Å². The van der Waals surface area contributed by atoms with Crippen molar-refractivity contribution in [3.05, 3.63) is 443 Å². The molecule has 0 saturated carbocycles.